The van der Waals surface area contributed by atoms with Crippen LogP contribution in [0.1, 0.15) is 13.3 Å². The lowest BCUT2D eigenvalue weighted by Crippen LogP contribution is -2.37. The number of aromatic nitrogens is 2. The molecule has 6 heteroatoms. The quantitative estimate of drug-likeness (QED) is 0.800. The van der Waals surface area contributed by atoms with E-state index in [9.17, 15) is 4.79 Å². The fourth-order valence-electron chi connectivity index (χ4n) is 1.82. The Kier molecular flexibility index (Phi) is 5.63. The van der Waals surface area contributed by atoms with Crippen molar-refractivity contribution in [3.05, 3.63) is 48.0 Å². The number of carbonyl (C=O) groups excluding carboxylic acids is 1. The van der Waals surface area contributed by atoms with Crippen molar-refractivity contribution in [2.45, 2.75) is 26.0 Å². The predicted octanol–water partition coefficient (Wildman–Crippen LogP) is 2.51. The Hall–Kier alpha value is -2.01. The average Bonchev–Trinajstić information content (AvgIpc) is 2.99. The van der Waals surface area contributed by atoms with Crippen LogP contribution in [0.4, 0.5) is 0 Å². The first kappa shape index (κ1) is 15.4. The van der Waals surface area contributed by atoms with Crippen molar-refractivity contribution in [2.24, 2.45) is 0 Å². The van der Waals surface area contributed by atoms with E-state index in [1.54, 1.807) is 31.6 Å². The van der Waals surface area contributed by atoms with Crippen molar-refractivity contribution in [1.82, 2.24) is 14.9 Å². The highest BCUT2D eigenvalue weighted by atomic mass is 35.5. The molecule has 1 N–H and O–H groups in total. The van der Waals surface area contributed by atoms with Crippen molar-refractivity contribution < 1.29 is 9.53 Å². The lowest BCUT2D eigenvalue weighted by molar-refractivity contribution is -0.127. The first-order valence-electron chi connectivity index (χ1n) is 6.81. The summed E-state index contributed by atoms with van der Waals surface area (Å²) in [4.78, 5) is 15.9. The molecule has 1 unspecified atom stereocenters. The number of nitrogens with zero attached hydrogens (tertiary/aromatic N) is 2. The van der Waals surface area contributed by atoms with Gasteiger partial charge in [0.05, 0.1) is 11.3 Å². The van der Waals surface area contributed by atoms with Gasteiger partial charge in [-0.3, -0.25) is 4.79 Å². The zero-order valence-electron chi connectivity index (χ0n) is 11.8. The van der Waals surface area contributed by atoms with Crippen LogP contribution in [0.15, 0.2) is 43.0 Å². The molecule has 0 bridgehead atoms. The minimum atomic E-state index is -0.585. The number of amides is 1. The molecule has 5 nitrogen and oxygen atoms in total. The van der Waals surface area contributed by atoms with Gasteiger partial charge in [-0.25, -0.2) is 4.98 Å². The van der Waals surface area contributed by atoms with Gasteiger partial charge < -0.3 is 14.6 Å². The highest BCUT2D eigenvalue weighted by Crippen LogP contribution is 2.24. The molecule has 1 atom stereocenters. The number of para-hydroxylation sites is 1. The molecule has 0 spiro atoms. The maximum Gasteiger partial charge on any atom is 0.260 e. The van der Waals surface area contributed by atoms with E-state index in [0.717, 1.165) is 13.0 Å². The lowest BCUT2D eigenvalue weighted by atomic mass is 10.3. The highest BCUT2D eigenvalue weighted by Gasteiger charge is 2.15. The minimum absolute atomic E-state index is 0.152. The van der Waals surface area contributed by atoms with E-state index in [4.69, 9.17) is 16.3 Å². The fourth-order valence-corrected chi connectivity index (χ4v) is 2.00. The molecule has 1 amide bonds. The lowest BCUT2D eigenvalue weighted by Gasteiger charge is -2.15. The summed E-state index contributed by atoms with van der Waals surface area (Å²) >= 11 is 5.99. The van der Waals surface area contributed by atoms with Crippen LogP contribution in [-0.4, -0.2) is 28.1 Å². The smallest absolute Gasteiger partial charge is 0.260 e. The summed E-state index contributed by atoms with van der Waals surface area (Å²) in [5.41, 5.74) is 0. The minimum Gasteiger partial charge on any atom is -0.479 e. The summed E-state index contributed by atoms with van der Waals surface area (Å²) in [5.74, 6) is 0.362. The molecule has 2 rings (SSSR count). The number of carbonyl (C=O) groups is 1. The zero-order chi connectivity index (χ0) is 15.1. The second kappa shape index (κ2) is 7.69. The predicted molar refractivity (Wildman–Crippen MR) is 81.4 cm³/mol. The Morgan fingerprint density at radius 3 is 3.00 bits per heavy atom. The highest BCUT2D eigenvalue weighted by molar-refractivity contribution is 6.32. The summed E-state index contributed by atoms with van der Waals surface area (Å²) in [6.07, 6.45) is 5.63. The van der Waals surface area contributed by atoms with Gasteiger partial charge in [-0.1, -0.05) is 23.7 Å². The number of imidazole rings is 1. The number of ether oxygens (including phenoxy) is 1. The summed E-state index contributed by atoms with van der Waals surface area (Å²) in [6.45, 7) is 3.11. The molecule has 112 valence electrons. The third-order valence-electron chi connectivity index (χ3n) is 2.96. The van der Waals surface area contributed by atoms with Gasteiger partial charge in [-0.05, 0) is 25.5 Å². The van der Waals surface area contributed by atoms with E-state index in [1.165, 1.54) is 0 Å². The Bertz CT molecular complexity index is 572. The molecule has 0 radical (unpaired) electrons. The van der Waals surface area contributed by atoms with Gasteiger partial charge in [0.25, 0.3) is 5.91 Å². The summed E-state index contributed by atoms with van der Waals surface area (Å²) < 4.78 is 7.52. The molecule has 0 aliphatic rings. The van der Waals surface area contributed by atoms with Gasteiger partial charge in [0, 0.05) is 25.5 Å². The Balaban J connectivity index is 1.71. The van der Waals surface area contributed by atoms with Crippen molar-refractivity contribution in [3.63, 3.8) is 0 Å². The second-order valence-corrected chi connectivity index (χ2v) is 5.04. The van der Waals surface area contributed by atoms with Crippen LogP contribution in [-0.2, 0) is 11.3 Å². The average molecular weight is 308 g/mol. The number of hydrogen-bond acceptors (Lipinski definition) is 3. The Morgan fingerprint density at radius 1 is 1.48 bits per heavy atom. The normalized spacial score (nSPS) is 11.9. The van der Waals surface area contributed by atoms with Crippen LogP contribution in [0, 0.1) is 0 Å². The molecule has 0 fully saturated rings. The van der Waals surface area contributed by atoms with E-state index in [0.29, 0.717) is 17.3 Å². The molecular weight excluding hydrogens is 290 g/mol. The van der Waals surface area contributed by atoms with E-state index >= 15 is 0 Å². The maximum absolute atomic E-state index is 11.9. The van der Waals surface area contributed by atoms with E-state index in [2.05, 4.69) is 10.3 Å². The van der Waals surface area contributed by atoms with Crippen LogP contribution >= 0.6 is 11.6 Å². The molecule has 1 aromatic heterocycles. The molecule has 2 aromatic rings. The second-order valence-electron chi connectivity index (χ2n) is 4.64. The van der Waals surface area contributed by atoms with E-state index in [1.807, 2.05) is 22.9 Å². The molecule has 0 saturated carbocycles. The van der Waals surface area contributed by atoms with Crippen LogP contribution in [0.3, 0.4) is 0 Å². The zero-order valence-corrected chi connectivity index (χ0v) is 12.6. The summed E-state index contributed by atoms with van der Waals surface area (Å²) in [6, 6.07) is 7.10. The van der Waals surface area contributed by atoms with Crippen molar-refractivity contribution >= 4 is 17.5 Å². The Labute approximate surface area is 128 Å². The van der Waals surface area contributed by atoms with Gasteiger partial charge in [-0.2, -0.15) is 0 Å². The fraction of sp³-hybridized carbons (Fsp3) is 0.333. The molecule has 0 saturated heterocycles. The van der Waals surface area contributed by atoms with Crippen LogP contribution in [0.5, 0.6) is 5.75 Å². The topological polar surface area (TPSA) is 56.1 Å². The number of rotatable bonds is 7. The Morgan fingerprint density at radius 2 is 2.29 bits per heavy atom. The van der Waals surface area contributed by atoms with Gasteiger partial charge in [0.15, 0.2) is 6.10 Å². The number of hydrogen-bond donors (Lipinski definition) is 1. The van der Waals surface area contributed by atoms with Gasteiger partial charge in [-0.15, -0.1) is 0 Å². The molecular formula is C15H18ClN3O2. The number of benzene rings is 1. The van der Waals surface area contributed by atoms with Gasteiger partial charge in [0.1, 0.15) is 5.75 Å². The number of nitrogens with one attached hydrogen (secondary N) is 1. The first-order valence-corrected chi connectivity index (χ1v) is 7.19. The third-order valence-corrected chi connectivity index (χ3v) is 3.27. The van der Waals surface area contributed by atoms with Gasteiger partial charge >= 0.3 is 0 Å². The molecule has 0 aliphatic heterocycles. The van der Waals surface area contributed by atoms with E-state index in [-0.39, 0.29) is 5.91 Å². The van der Waals surface area contributed by atoms with Crippen LogP contribution < -0.4 is 10.1 Å². The van der Waals surface area contributed by atoms with Crippen molar-refractivity contribution in [1.29, 1.82) is 0 Å². The molecule has 0 aliphatic carbocycles. The van der Waals surface area contributed by atoms with Gasteiger partial charge in [0.2, 0.25) is 0 Å². The molecule has 21 heavy (non-hydrogen) atoms. The van der Waals surface area contributed by atoms with E-state index < -0.39 is 6.10 Å². The number of aryl methyl sites for hydroxylation is 1. The van der Waals surface area contributed by atoms with Crippen LogP contribution in [0.25, 0.3) is 0 Å². The summed E-state index contributed by atoms with van der Waals surface area (Å²) in [5, 5.41) is 3.34. The molecule has 1 aromatic carbocycles. The number of halogens is 1. The summed E-state index contributed by atoms with van der Waals surface area (Å²) in [7, 11) is 0. The third kappa shape index (κ3) is 4.79. The van der Waals surface area contributed by atoms with Crippen molar-refractivity contribution in [3.8, 4) is 5.75 Å². The first-order chi connectivity index (χ1) is 10.2. The largest absolute Gasteiger partial charge is 0.479 e. The maximum atomic E-state index is 11.9. The standard InChI is InChI=1S/C15H18ClN3O2/c1-12(21-14-6-3-2-5-13(14)16)15(20)18-7-4-9-19-10-8-17-11-19/h2-3,5-6,8,10-12H,4,7,9H2,1H3,(H,18,20). The van der Waals surface area contributed by atoms with Crippen molar-refractivity contribution in [2.75, 3.05) is 6.54 Å². The monoisotopic (exact) mass is 307 g/mol. The SMILES string of the molecule is CC(Oc1ccccc1Cl)C(=O)NCCCn1ccnc1. The van der Waals surface area contributed by atoms with Crippen LogP contribution in [0.2, 0.25) is 5.02 Å². The molecule has 1 heterocycles.